The minimum atomic E-state index is -0.314. The third kappa shape index (κ3) is 10.6. The summed E-state index contributed by atoms with van der Waals surface area (Å²) in [5.41, 5.74) is 24.2. The van der Waals surface area contributed by atoms with Crippen molar-refractivity contribution in [1.29, 1.82) is 0 Å². The van der Waals surface area contributed by atoms with Gasteiger partial charge in [0.2, 0.25) is 0 Å². The molecule has 0 radical (unpaired) electrons. The molecule has 0 aliphatic carbocycles. The van der Waals surface area contributed by atoms with Crippen LogP contribution in [0.4, 0.5) is 0 Å². The number of thiophene rings is 3. The van der Waals surface area contributed by atoms with Crippen molar-refractivity contribution in [2.24, 2.45) is 0 Å². The van der Waals surface area contributed by atoms with Gasteiger partial charge in [-0.25, -0.2) is 0 Å². The van der Waals surface area contributed by atoms with Crippen LogP contribution in [0.25, 0.3) is 93.9 Å². The van der Waals surface area contributed by atoms with E-state index in [-0.39, 0.29) is 16.2 Å². The Labute approximate surface area is 635 Å². The molecule has 5 nitrogen and oxygen atoms in total. The van der Waals surface area contributed by atoms with Gasteiger partial charge in [0.1, 0.15) is 34.5 Å². The number of fused-ring (bicyclic) bond motifs is 15. The molecule has 21 rings (SSSR count). The highest BCUT2D eigenvalue weighted by Gasteiger charge is 2.43. The summed E-state index contributed by atoms with van der Waals surface area (Å²) in [5, 5.41) is 7.86. The maximum absolute atomic E-state index is 6.33. The first-order chi connectivity index (χ1) is 52.2. The smallest absolute Gasteiger partial charge is 0.131 e. The van der Waals surface area contributed by atoms with Gasteiger partial charge in [-0.3, -0.25) is 9.97 Å². The van der Waals surface area contributed by atoms with Gasteiger partial charge in [-0.05, 0) is 196 Å². The Bertz CT molecular complexity index is 6230. The number of rotatable bonds is 6. The van der Waals surface area contributed by atoms with Crippen LogP contribution in [0, 0.1) is 34.6 Å². The third-order valence-corrected chi connectivity index (χ3v) is 26.7. The molecule has 0 saturated carbocycles. The van der Waals surface area contributed by atoms with Crippen LogP contribution in [-0.4, -0.2) is 9.97 Å². The van der Waals surface area contributed by atoms with E-state index in [0.717, 1.165) is 34.5 Å². The Balaban J connectivity index is 0.000000110. The Hall–Kier alpha value is -11.8. The van der Waals surface area contributed by atoms with E-state index in [0.29, 0.717) is 0 Å². The van der Waals surface area contributed by atoms with Gasteiger partial charge in [0.25, 0.3) is 0 Å². The van der Waals surface area contributed by atoms with Gasteiger partial charge in [0.15, 0.2) is 0 Å². The van der Waals surface area contributed by atoms with Crippen LogP contribution in [0.1, 0.15) is 98.7 Å². The quantitative estimate of drug-likeness (QED) is 0.166. The van der Waals surface area contributed by atoms with Crippen LogP contribution < -0.4 is 14.2 Å². The molecule has 0 saturated heterocycles. The predicted octanol–water partition coefficient (Wildman–Crippen LogP) is 27.9. The van der Waals surface area contributed by atoms with Gasteiger partial charge >= 0.3 is 0 Å². The van der Waals surface area contributed by atoms with Crippen molar-refractivity contribution in [3.63, 3.8) is 0 Å². The number of para-hydroxylation sites is 6. The van der Waals surface area contributed by atoms with Gasteiger partial charge in [0, 0.05) is 152 Å². The molecule has 0 unspecified atom stereocenters. The summed E-state index contributed by atoms with van der Waals surface area (Å²) in [6.07, 6.45) is 7.67. The molecule has 3 aliphatic rings. The second-order valence-electron chi connectivity index (χ2n) is 29.3. The lowest BCUT2D eigenvalue weighted by Crippen LogP contribution is -2.29. The first-order valence-corrected chi connectivity index (χ1v) is 39.1. The van der Waals surface area contributed by atoms with Crippen molar-refractivity contribution in [2.75, 3.05) is 0 Å². The van der Waals surface area contributed by atoms with E-state index < -0.39 is 0 Å². The van der Waals surface area contributed by atoms with E-state index >= 15 is 0 Å². The summed E-state index contributed by atoms with van der Waals surface area (Å²) in [4.78, 5) is 8.70. The second-order valence-corrected chi connectivity index (χ2v) is 32.5. The molecule has 107 heavy (non-hydrogen) atoms. The molecular formula is C99H74N2O3S3. The Kier molecular flexibility index (Phi) is 15.9. The average molecular weight is 1440 g/mol. The van der Waals surface area contributed by atoms with Crippen molar-refractivity contribution < 1.29 is 14.2 Å². The molecule has 5 aromatic heterocycles. The van der Waals surface area contributed by atoms with E-state index in [1.807, 2.05) is 83.1 Å². The number of aromatic nitrogens is 2. The largest absolute Gasteiger partial charge is 0.457 e. The summed E-state index contributed by atoms with van der Waals surface area (Å²) < 4.78 is 26.9. The van der Waals surface area contributed by atoms with Gasteiger partial charge in [-0.15, -0.1) is 34.0 Å². The zero-order chi connectivity index (χ0) is 72.5. The van der Waals surface area contributed by atoms with Crippen molar-refractivity contribution in [2.45, 2.75) is 71.6 Å². The molecule has 3 aliphatic heterocycles. The highest BCUT2D eigenvalue weighted by Crippen LogP contribution is 2.57. The monoisotopic (exact) mass is 1430 g/mol. The number of nitrogens with zero attached hydrogens (tertiary/aromatic N) is 2. The number of pyridine rings is 2. The fourth-order valence-electron chi connectivity index (χ4n) is 17.6. The van der Waals surface area contributed by atoms with Crippen LogP contribution in [0.2, 0.25) is 0 Å². The molecule has 0 amide bonds. The molecule has 13 aromatic carbocycles. The second kappa shape index (κ2) is 25.8. The van der Waals surface area contributed by atoms with Crippen molar-refractivity contribution in [3.05, 3.63) is 382 Å². The normalized spacial score (nSPS) is 13.9. The van der Waals surface area contributed by atoms with E-state index in [2.05, 4.69) is 320 Å². The van der Waals surface area contributed by atoms with Crippen molar-refractivity contribution in [3.8, 4) is 67.9 Å². The van der Waals surface area contributed by atoms with Gasteiger partial charge < -0.3 is 14.2 Å². The lowest BCUT2D eigenvalue weighted by atomic mass is 9.69. The van der Waals surface area contributed by atoms with Crippen molar-refractivity contribution >= 4 is 94.5 Å². The lowest BCUT2D eigenvalue weighted by Gasteiger charge is -2.38. The minimum Gasteiger partial charge on any atom is -0.457 e. The number of aryl methyl sites for hydroxylation is 5. The average Bonchev–Trinajstić information content (AvgIpc) is 1.69. The minimum absolute atomic E-state index is 0.310. The SMILES string of the molecule is Cc1cc(C)c(-c2cccc3c2sc2ccc(C4(C)c5ccccc5Oc5ccccc54)cc23)c(C)c1.Cc1ccncc1-c1cccc2c1sc1ccc(C3(C)c4ccccc4Oc4ccccc43)cc12.Cc1cnccc1-c1cccc2c1sc1ccc(C3(C)c4ccccc4Oc4ccccc43)cc12. The van der Waals surface area contributed by atoms with Crippen LogP contribution >= 0.6 is 34.0 Å². The Morgan fingerprint density at radius 2 is 0.589 bits per heavy atom. The van der Waals surface area contributed by atoms with E-state index in [9.17, 15) is 0 Å². The molecule has 0 bridgehead atoms. The number of hydrogen-bond donors (Lipinski definition) is 0. The van der Waals surface area contributed by atoms with E-state index in [1.165, 1.54) is 172 Å². The fraction of sp³-hybridized carbons (Fsp3) is 0.111. The molecule has 516 valence electrons. The first kappa shape index (κ1) is 65.9. The van der Waals surface area contributed by atoms with Crippen LogP contribution in [-0.2, 0) is 16.2 Å². The summed E-state index contributed by atoms with van der Waals surface area (Å²) in [5.74, 6) is 5.59. The molecule has 0 N–H and O–H groups in total. The first-order valence-electron chi connectivity index (χ1n) is 36.6. The summed E-state index contributed by atoms with van der Waals surface area (Å²) >= 11 is 5.64. The maximum Gasteiger partial charge on any atom is 0.131 e. The lowest BCUT2D eigenvalue weighted by molar-refractivity contribution is 0.427. The maximum atomic E-state index is 6.33. The molecule has 0 spiro atoms. The zero-order valence-corrected chi connectivity index (χ0v) is 63.2. The summed E-state index contributed by atoms with van der Waals surface area (Å²) in [6, 6.07) is 101. The molecule has 0 fully saturated rings. The van der Waals surface area contributed by atoms with Gasteiger partial charge in [0.05, 0.1) is 0 Å². The van der Waals surface area contributed by atoms with Gasteiger partial charge in [-0.1, -0.05) is 200 Å². The standard InChI is InChI=1S/C35H28OS.2C32H23NOS/c1-21-18-22(2)33(23(3)19-21)26-11-9-10-25-27-20-24(16-17-32(27)37-34(25)26)35(4)28-12-5-7-14-30(28)36-31-15-8-6-13-29(31)35;1-20-19-33-17-16-22(20)23-8-7-9-24-25-18-21(14-15-30(25)35-31(23)24)32(2)26-10-3-5-12-28(26)34-29-13-6-4-11-27(29)32;1-20-16-17-33-19-25(20)23-9-7-8-22-24-18-21(14-15-30(24)35-31(22)23)32(2)26-10-3-5-12-28(26)34-29-13-6-4-11-27(29)32/h5-20H,1-4H3;2*3-19H,1-2H3. The summed E-state index contributed by atoms with van der Waals surface area (Å²) in [7, 11) is 0. The Morgan fingerprint density at radius 1 is 0.262 bits per heavy atom. The molecule has 8 heteroatoms. The number of hydrogen-bond acceptors (Lipinski definition) is 8. The number of benzene rings is 13. The molecule has 18 aromatic rings. The molecule has 8 heterocycles. The van der Waals surface area contributed by atoms with E-state index in [4.69, 9.17) is 14.2 Å². The third-order valence-electron chi connectivity index (χ3n) is 23.0. The van der Waals surface area contributed by atoms with Crippen LogP contribution in [0.15, 0.2) is 304 Å². The highest BCUT2D eigenvalue weighted by atomic mass is 32.1. The van der Waals surface area contributed by atoms with Gasteiger partial charge in [-0.2, -0.15) is 0 Å². The fourth-order valence-corrected chi connectivity index (χ4v) is 21.2. The zero-order valence-electron chi connectivity index (χ0n) is 60.7. The van der Waals surface area contributed by atoms with Crippen LogP contribution in [0.3, 0.4) is 0 Å². The molecule has 0 atom stereocenters. The molecular weight excluding hydrogens is 1360 g/mol. The van der Waals surface area contributed by atoms with E-state index in [1.54, 1.807) is 0 Å². The number of ether oxygens (including phenoxy) is 3. The Morgan fingerprint density at radius 3 is 0.953 bits per heavy atom. The topological polar surface area (TPSA) is 53.5 Å². The van der Waals surface area contributed by atoms with Crippen LogP contribution in [0.5, 0.6) is 34.5 Å². The highest BCUT2D eigenvalue weighted by molar-refractivity contribution is 7.27. The summed E-state index contributed by atoms with van der Waals surface area (Å²) in [6.45, 7) is 17.9. The van der Waals surface area contributed by atoms with Crippen molar-refractivity contribution in [1.82, 2.24) is 9.97 Å². The predicted molar refractivity (Wildman–Crippen MR) is 449 cm³/mol.